The minimum Gasteiger partial charge on any atom is -0.481 e. The highest BCUT2D eigenvalue weighted by atomic mass is 16.4. The van der Waals surface area contributed by atoms with Gasteiger partial charge in [-0.15, -0.1) is 0 Å². The Balaban J connectivity index is 2.41. The maximum atomic E-state index is 11.6. The molecule has 0 saturated heterocycles. The SMILES string of the molecule is Cc1[nH]nc(C(=O)NCCCC(=O)O)c1C. The number of rotatable bonds is 5. The van der Waals surface area contributed by atoms with Gasteiger partial charge in [0, 0.05) is 24.2 Å². The Hall–Kier alpha value is -1.85. The Morgan fingerprint density at radius 2 is 2.12 bits per heavy atom. The van der Waals surface area contributed by atoms with Crippen LogP contribution in [0, 0.1) is 13.8 Å². The summed E-state index contributed by atoms with van der Waals surface area (Å²) in [7, 11) is 0. The average molecular weight is 225 g/mol. The molecular formula is C10H15N3O3. The predicted molar refractivity (Wildman–Crippen MR) is 57.3 cm³/mol. The Morgan fingerprint density at radius 1 is 1.44 bits per heavy atom. The molecule has 1 aromatic rings. The molecule has 0 unspecified atom stereocenters. The van der Waals surface area contributed by atoms with Gasteiger partial charge < -0.3 is 10.4 Å². The Labute approximate surface area is 93.1 Å². The number of nitrogens with one attached hydrogen (secondary N) is 2. The molecule has 0 saturated carbocycles. The number of aromatic amines is 1. The second-order valence-electron chi connectivity index (χ2n) is 3.58. The minimum absolute atomic E-state index is 0.0544. The first-order chi connectivity index (χ1) is 7.52. The van der Waals surface area contributed by atoms with Crippen LogP contribution in [-0.4, -0.2) is 33.7 Å². The number of aromatic nitrogens is 2. The lowest BCUT2D eigenvalue weighted by Crippen LogP contribution is -2.25. The molecule has 6 nitrogen and oxygen atoms in total. The zero-order chi connectivity index (χ0) is 12.1. The van der Waals surface area contributed by atoms with E-state index in [1.165, 1.54) is 0 Å². The molecule has 6 heteroatoms. The molecule has 0 aliphatic heterocycles. The molecule has 1 rings (SSSR count). The molecule has 0 atom stereocenters. The number of aliphatic carboxylic acids is 1. The maximum Gasteiger partial charge on any atom is 0.303 e. The van der Waals surface area contributed by atoms with Crippen LogP contribution in [0.5, 0.6) is 0 Å². The first-order valence-electron chi connectivity index (χ1n) is 5.04. The van der Waals surface area contributed by atoms with E-state index < -0.39 is 5.97 Å². The topological polar surface area (TPSA) is 95.1 Å². The zero-order valence-electron chi connectivity index (χ0n) is 9.33. The van der Waals surface area contributed by atoms with E-state index in [0.717, 1.165) is 11.3 Å². The van der Waals surface area contributed by atoms with Crippen LogP contribution in [0.15, 0.2) is 0 Å². The number of hydrogen-bond donors (Lipinski definition) is 3. The molecule has 0 aliphatic carbocycles. The van der Waals surface area contributed by atoms with Gasteiger partial charge in [0.15, 0.2) is 5.69 Å². The average Bonchev–Trinajstić information content (AvgIpc) is 2.54. The molecule has 1 amide bonds. The number of nitrogens with zero attached hydrogens (tertiary/aromatic N) is 1. The summed E-state index contributed by atoms with van der Waals surface area (Å²) in [6.07, 6.45) is 0.475. The van der Waals surface area contributed by atoms with E-state index in [2.05, 4.69) is 15.5 Å². The van der Waals surface area contributed by atoms with Crippen LogP contribution in [0.3, 0.4) is 0 Å². The summed E-state index contributed by atoms with van der Waals surface area (Å²) in [6.45, 7) is 3.99. The van der Waals surface area contributed by atoms with Gasteiger partial charge >= 0.3 is 5.97 Å². The first kappa shape index (κ1) is 12.2. The molecule has 0 radical (unpaired) electrons. The third kappa shape index (κ3) is 3.08. The van der Waals surface area contributed by atoms with Crippen molar-refractivity contribution in [3.63, 3.8) is 0 Å². The molecule has 16 heavy (non-hydrogen) atoms. The lowest BCUT2D eigenvalue weighted by atomic mass is 10.2. The second kappa shape index (κ2) is 5.29. The van der Waals surface area contributed by atoms with Gasteiger partial charge in [0.25, 0.3) is 5.91 Å². The smallest absolute Gasteiger partial charge is 0.303 e. The third-order valence-corrected chi connectivity index (χ3v) is 2.32. The maximum absolute atomic E-state index is 11.6. The number of carboxylic acids is 1. The molecule has 1 heterocycles. The number of H-pyrrole nitrogens is 1. The summed E-state index contributed by atoms with van der Waals surface area (Å²) >= 11 is 0. The summed E-state index contributed by atoms with van der Waals surface area (Å²) < 4.78 is 0. The van der Waals surface area contributed by atoms with Crippen molar-refractivity contribution < 1.29 is 14.7 Å². The quantitative estimate of drug-likeness (QED) is 0.640. The van der Waals surface area contributed by atoms with Crippen LogP contribution in [0.2, 0.25) is 0 Å². The Morgan fingerprint density at radius 3 is 2.62 bits per heavy atom. The minimum atomic E-state index is -0.860. The van der Waals surface area contributed by atoms with Gasteiger partial charge in [-0.1, -0.05) is 0 Å². The molecule has 1 aromatic heterocycles. The molecular weight excluding hydrogens is 210 g/mol. The fourth-order valence-electron chi connectivity index (χ4n) is 1.23. The molecule has 0 aliphatic rings. The highest BCUT2D eigenvalue weighted by Crippen LogP contribution is 2.07. The largest absolute Gasteiger partial charge is 0.481 e. The summed E-state index contributed by atoms with van der Waals surface area (Å²) in [5.41, 5.74) is 2.04. The first-order valence-corrected chi connectivity index (χ1v) is 5.04. The van der Waals surface area contributed by atoms with E-state index in [0.29, 0.717) is 18.7 Å². The van der Waals surface area contributed by atoms with E-state index in [9.17, 15) is 9.59 Å². The number of carboxylic acid groups (broad SMARTS) is 1. The molecule has 3 N–H and O–H groups in total. The number of hydrogen-bond acceptors (Lipinski definition) is 3. The van der Waals surface area contributed by atoms with E-state index in [1.807, 2.05) is 13.8 Å². The molecule has 88 valence electrons. The third-order valence-electron chi connectivity index (χ3n) is 2.32. The van der Waals surface area contributed by atoms with Crippen molar-refractivity contribution in [2.24, 2.45) is 0 Å². The Bertz CT molecular complexity index is 398. The van der Waals surface area contributed by atoms with E-state index >= 15 is 0 Å². The van der Waals surface area contributed by atoms with Gasteiger partial charge in [-0.2, -0.15) is 5.10 Å². The van der Waals surface area contributed by atoms with Gasteiger partial charge in [-0.05, 0) is 20.3 Å². The lowest BCUT2D eigenvalue weighted by Gasteiger charge is -2.02. The number of amides is 1. The summed E-state index contributed by atoms with van der Waals surface area (Å²) in [6, 6.07) is 0. The second-order valence-corrected chi connectivity index (χ2v) is 3.58. The van der Waals surface area contributed by atoms with Crippen molar-refractivity contribution in [2.75, 3.05) is 6.54 Å². The zero-order valence-corrected chi connectivity index (χ0v) is 9.33. The van der Waals surface area contributed by atoms with Crippen molar-refractivity contribution in [1.29, 1.82) is 0 Å². The van der Waals surface area contributed by atoms with Crippen LogP contribution in [0.1, 0.15) is 34.6 Å². The van der Waals surface area contributed by atoms with Crippen molar-refractivity contribution in [1.82, 2.24) is 15.5 Å². The Kier molecular flexibility index (Phi) is 4.04. The highest BCUT2D eigenvalue weighted by Gasteiger charge is 2.13. The van der Waals surface area contributed by atoms with E-state index in [-0.39, 0.29) is 12.3 Å². The van der Waals surface area contributed by atoms with E-state index in [1.54, 1.807) is 0 Å². The van der Waals surface area contributed by atoms with Crippen LogP contribution < -0.4 is 5.32 Å². The summed E-state index contributed by atoms with van der Waals surface area (Å²) in [5.74, 6) is -1.13. The van der Waals surface area contributed by atoms with Crippen LogP contribution in [0.25, 0.3) is 0 Å². The van der Waals surface area contributed by atoms with E-state index in [4.69, 9.17) is 5.11 Å². The number of aryl methyl sites for hydroxylation is 1. The van der Waals surface area contributed by atoms with Crippen LogP contribution in [0.4, 0.5) is 0 Å². The molecule has 0 aromatic carbocycles. The lowest BCUT2D eigenvalue weighted by molar-refractivity contribution is -0.137. The summed E-state index contributed by atoms with van der Waals surface area (Å²) in [4.78, 5) is 21.8. The standard InChI is InChI=1S/C10H15N3O3/c1-6-7(2)12-13-9(6)10(16)11-5-3-4-8(14)15/h3-5H2,1-2H3,(H,11,16)(H,12,13)(H,14,15). The molecule has 0 spiro atoms. The normalized spacial score (nSPS) is 10.1. The number of carbonyl (C=O) groups is 2. The van der Waals surface area contributed by atoms with Gasteiger partial charge in [-0.25, -0.2) is 0 Å². The van der Waals surface area contributed by atoms with Gasteiger partial charge in [0.1, 0.15) is 0 Å². The van der Waals surface area contributed by atoms with Crippen LogP contribution >= 0.6 is 0 Å². The van der Waals surface area contributed by atoms with Crippen molar-refractivity contribution in [3.05, 3.63) is 17.0 Å². The van der Waals surface area contributed by atoms with Gasteiger partial charge in [0.05, 0.1) is 0 Å². The predicted octanol–water partition coefficient (Wildman–Crippen LogP) is 0.621. The molecule has 0 bridgehead atoms. The van der Waals surface area contributed by atoms with Crippen molar-refractivity contribution >= 4 is 11.9 Å². The summed E-state index contributed by atoms with van der Waals surface area (Å²) in [5, 5.41) is 17.6. The molecule has 0 fully saturated rings. The number of carbonyl (C=O) groups excluding carboxylic acids is 1. The fraction of sp³-hybridized carbons (Fsp3) is 0.500. The van der Waals surface area contributed by atoms with Gasteiger partial charge in [0.2, 0.25) is 0 Å². The van der Waals surface area contributed by atoms with Crippen molar-refractivity contribution in [2.45, 2.75) is 26.7 Å². The highest BCUT2D eigenvalue weighted by molar-refractivity contribution is 5.93. The van der Waals surface area contributed by atoms with Crippen LogP contribution in [-0.2, 0) is 4.79 Å². The van der Waals surface area contributed by atoms with Crippen molar-refractivity contribution in [3.8, 4) is 0 Å². The fourth-order valence-corrected chi connectivity index (χ4v) is 1.23. The monoisotopic (exact) mass is 225 g/mol. The van der Waals surface area contributed by atoms with Gasteiger partial charge in [-0.3, -0.25) is 14.7 Å².